The summed E-state index contributed by atoms with van der Waals surface area (Å²) in [5.41, 5.74) is 4.05. The van der Waals surface area contributed by atoms with Crippen LogP contribution in [0.1, 0.15) is 29.7 Å². The van der Waals surface area contributed by atoms with Gasteiger partial charge in [0.2, 0.25) is 0 Å². The number of carbonyl (C=O) groups excluding carboxylic acids is 1. The van der Waals surface area contributed by atoms with Crippen LogP contribution in [0, 0.1) is 13.8 Å². The van der Waals surface area contributed by atoms with Crippen LogP contribution in [0.3, 0.4) is 0 Å². The van der Waals surface area contributed by atoms with Gasteiger partial charge in [0.1, 0.15) is 0 Å². The summed E-state index contributed by atoms with van der Waals surface area (Å²) in [5, 5.41) is 3.31. The first kappa shape index (κ1) is 15.1. The lowest BCUT2D eigenvalue weighted by molar-refractivity contribution is -0.144. The van der Waals surface area contributed by atoms with Gasteiger partial charge in [-0.25, -0.2) is 4.79 Å². The monoisotopic (exact) mass is 283 g/mol. The lowest BCUT2D eigenvalue weighted by atomic mass is 10.0. The number of benzene rings is 2. The van der Waals surface area contributed by atoms with Gasteiger partial charge in [0.15, 0.2) is 6.04 Å². The minimum absolute atomic E-state index is 0.255. The molecule has 3 heteroatoms. The smallest absolute Gasteiger partial charge is 0.333 e. The van der Waals surface area contributed by atoms with E-state index in [1.807, 2.05) is 69.3 Å². The Morgan fingerprint density at radius 2 is 1.67 bits per heavy atom. The van der Waals surface area contributed by atoms with Crippen molar-refractivity contribution in [3.8, 4) is 0 Å². The lowest BCUT2D eigenvalue weighted by Crippen LogP contribution is -2.24. The largest absolute Gasteiger partial charge is 0.464 e. The molecule has 0 spiro atoms. The van der Waals surface area contributed by atoms with Crippen LogP contribution < -0.4 is 5.32 Å². The zero-order valence-electron chi connectivity index (χ0n) is 12.7. The summed E-state index contributed by atoms with van der Waals surface area (Å²) >= 11 is 0. The Morgan fingerprint density at radius 1 is 1.05 bits per heavy atom. The molecular formula is C18H21NO2. The molecule has 0 radical (unpaired) electrons. The number of para-hydroxylation sites is 1. The van der Waals surface area contributed by atoms with Gasteiger partial charge in [-0.05, 0) is 43.5 Å². The minimum atomic E-state index is -0.493. The van der Waals surface area contributed by atoms with Crippen LogP contribution in [-0.2, 0) is 9.53 Å². The van der Waals surface area contributed by atoms with Crippen molar-refractivity contribution in [3.63, 3.8) is 0 Å². The number of carbonyl (C=O) groups is 1. The summed E-state index contributed by atoms with van der Waals surface area (Å²) in [4.78, 5) is 12.3. The van der Waals surface area contributed by atoms with Crippen LogP contribution in [0.15, 0.2) is 48.5 Å². The summed E-state index contributed by atoms with van der Waals surface area (Å²) in [6.07, 6.45) is 0. The molecule has 0 amide bonds. The van der Waals surface area contributed by atoms with Crippen LogP contribution in [0.4, 0.5) is 5.69 Å². The number of nitrogens with one attached hydrogen (secondary N) is 1. The molecule has 1 N–H and O–H groups in total. The average molecular weight is 283 g/mol. The molecule has 0 fully saturated rings. The molecule has 0 aliphatic carbocycles. The number of hydrogen-bond donors (Lipinski definition) is 1. The molecule has 3 nitrogen and oxygen atoms in total. The Kier molecular flexibility index (Phi) is 4.99. The highest BCUT2D eigenvalue weighted by Crippen LogP contribution is 2.25. The summed E-state index contributed by atoms with van der Waals surface area (Å²) in [7, 11) is 0. The highest BCUT2D eigenvalue weighted by atomic mass is 16.5. The van der Waals surface area contributed by atoms with E-state index in [0.717, 1.165) is 22.4 Å². The van der Waals surface area contributed by atoms with Crippen molar-refractivity contribution in [2.24, 2.45) is 0 Å². The van der Waals surface area contributed by atoms with E-state index in [0.29, 0.717) is 6.61 Å². The van der Waals surface area contributed by atoms with Gasteiger partial charge in [0.05, 0.1) is 6.61 Å². The third-order valence-electron chi connectivity index (χ3n) is 3.47. The number of hydrogen-bond acceptors (Lipinski definition) is 3. The van der Waals surface area contributed by atoms with E-state index in [1.165, 1.54) is 0 Å². The van der Waals surface area contributed by atoms with Crippen LogP contribution in [-0.4, -0.2) is 12.6 Å². The van der Waals surface area contributed by atoms with Gasteiger partial charge >= 0.3 is 5.97 Å². The fourth-order valence-corrected chi connectivity index (χ4v) is 2.29. The quantitative estimate of drug-likeness (QED) is 0.842. The van der Waals surface area contributed by atoms with Gasteiger partial charge in [0, 0.05) is 5.69 Å². The molecule has 0 heterocycles. The Labute approximate surface area is 126 Å². The van der Waals surface area contributed by atoms with Crippen LogP contribution >= 0.6 is 0 Å². The van der Waals surface area contributed by atoms with Crippen molar-refractivity contribution >= 4 is 11.7 Å². The Bertz CT molecular complexity index is 622. The molecule has 2 rings (SSSR count). The number of rotatable bonds is 5. The van der Waals surface area contributed by atoms with Crippen molar-refractivity contribution in [2.45, 2.75) is 26.8 Å². The zero-order valence-corrected chi connectivity index (χ0v) is 12.7. The van der Waals surface area contributed by atoms with Gasteiger partial charge < -0.3 is 10.1 Å². The molecule has 1 atom stereocenters. The van der Waals surface area contributed by atoms with Gasteiger partial charge in [-0.15, -0.1) is 0 Å². The number of ether oxygens (including phenoxy) is 1. The zero-order chi connectivity index (χ0) is 15.2. The SMILES string of the molecule is CCOC(=O)C(Nc1ccccc1C)c1ccccc1C. The van der Waals surface area contributed by atoms with Crippen molar-refractivity contribution in [1.29, 1.82) is 0 Å². The molecule has 0 saturated heterocycles. The predicted molar refractivity (Wildman–Crippen MR) is 85.4 cm³/mol. The molecule has 2 aromatic carbocycles. The third-order valence-corrected chi connectivity index (χ3v) is 3.47. The Morgan fingerprint density at radius 3 is 2.29 bits per heavy atom. The van der Waals surface area contributed by atoms with Crippen LogP contribution in [0.5, 0.6) is 0 Å². The highest BCUT2D eigenvalue weighted by Gasteiger charge is 2.23. The van der Waals surface area contributed by atoms with Gasteiger partial charge in [-0.3, -0.25) is 0 Å². The average Bonchev–Trinajstić information content (AvgIpc) is 2.48. The second-order valence-electron chi connectivity index (χ2n) is 5.00. The lowest BCUT2D eigenvalue weighted by Gasteiger charge is -2.21. The van der Waals surface area contributed by atoms with E-state index in [1.54, 1.807) is 0 Å². The Hall–Kier alpha value is -2.29. The molecule has 0 aliphatic heterocycles. The van der Waals surface area contributed by atoms with E-state index in [2.05, 4.69) is 5.32 Å². The molecule has 21 heavy (non-hydrogen) atoms. The van der Waals surface area contributed by atoms with E-state index in [9.17, 15) is 4.79 Å². The Balaban J connectivity index is 2.36. The first-order valence-electron chi connectivity index (χ1n) is 7.17. The van der Waals surface area contributed by atoms with Crippen LogP contribution in [0.2, 0.25) is 0 Å². The maximum atomic E-state index is 12.3. The molecule has 2 aromatic rings. The molecule has 0 aliphatic rings. The molecular weight excluding hydrogens is 262 g/mol. The highest BCUT2D eigenvalue weighted by molar-refractivity contribution is 5.82. The summed E-state index contributed by atoms with van der Waals surface area (Å²) < 4.78 is 5.22. The van der Waals surface area contributed by atoms with E-state index >= 15 is 0 Å². The van der Waals surface area contributed by atoms with Crippen molar-refractivity contribution < 1.29 is 9.53 Å². The van der Waals surface area contributed by atoms with Crippen molar-refractivity contribution in [1.82, 2.24) is 0 Å². The minimum Gasteiger partial charge on any atom is -0.464 e. The fourth-order valence-electron chi connectivity index (χ4n) is 2.29. The molecule has 1 unspecified atom stereocenters. The third kappa shape index (κ3) is 3.63. The molecule has 0 aromatic heterocycles. The second-order valence-corrected chi connectivity index (χ2v) is 5.00. The maximum Gasteiger partial charge on any atom is 0.333 e. The van der Waals surface area contributed by atoms with Gasteiger partial charge in [-0.1, -0.05) is 42.5 Å². The summed E-state index contributed by atoms with van der Waals surface area (Å²) in [5.74, 6) is -0.255. The molecule has 110 valence electrons. The standard InChI is InChI=1S/C18H21NO2/c1-4-21-18(20)17(15-11-7-5-9-13(15)2)19-16-12-8-6-10-14(16)3/h5-12,17,19H,4H2,1-3H3. The van der Waals surface area contributed by atoms with Gasteiger partial charge in [0.25, 0.3) is 0 Å². The normalized spacial score (nSPS) is 11.8. The first-order valence-corrected chi connectivity index (χ1v) is 7.17. The predicted octanol–water partition coefficient (Wildman–Crippen LogP) is 4.02. The number of esters is 1. The van der Waals surface area contributed by atoms with E-state index < -0.39 is 6.04 Å². The van der Waals surface area contributed by atoms with E-state index in [-0.39, 0.29) is 5.97 Å². The van der Waals surface area contributed by atoms with E-state index in [4.69, 9.17) is 4.74 Å². The molecule has 0 bridgehead atoms. The van der Waals surface area contributed by atoms with Crippen molar-refractivity contribution in [3.05, 3.63) is 65.2 Å². The first-order chi connectivity index (χ1) is 10.1. The fraction of sp³-hybridized carbons (Fsp3) is 0.278. The number of anilines is 1. The molecule has 0 saturated carbocycles. The topological polar surface area (TPSA) is 38.3 Å². The number of aryl methyl sites for hydroxylation is 2. The summed E-state index contributed by atoms with van der Waals surface area (Å²) in [6, 6.07) is 15.3. The second kappa shape index (κ2) is 6.93. The van der Waals surface area contributed by atoms with Crippen LogP contribution in [0.25, 0.3) is 0 Å². The summed E-state index contributed by atoms with van der Waals surface area (Å²) in [6.45, 7) is 6.21. The van der Waals surface area contributed by atoms with Gasteiger partial charge in [-0.2, -0.15) is 0 Å². The van der Waals surface area contributed by atoms with Crippen molar-refractivity contribution in [2.75, 3.05) is 11.9 Å². The maximum absolute atomic E-state index is 12.3.